The molecule has 4 nitrogen and oxygen atoms in total. The van der Waals surface area contributed by atoms with Crippen LogP contribution in [0.5, 0.6) is 5.75 Å². The number of ketones is 1. The van der Waals surface area contributed by atoms with Crippen LogP contribution >= 0.6 is 11.6 Å². The summed E-state index contributed by atoms with van der Waals surface area (Å²) in [4.78, 5) is 12.6. The van der Waals surface area contributed by atoms with Crippen LogP contribution in [0.2, 0.25) is 5.02 Å². The Morgan fingerprint density at radius 1 is 1.33 bits per heavy atom. The number of Topliss-reactive ketones (excluding diaryl/α,β-unsaturated/α-hetero) is 1. The van der Waals surface area contributed by atoms with Gasteiger partial charge in [-0.25, -0.2) is 0 Å². The first-order valence-corrected chi connectivity index (χ1v) is 7.43. The number of carbonyl (C=O) groups excluding carboxylic acids is 1. The normalized spacial score (nSPS) is 10.7. The van der Waals surface area contributed by atoms with Gasteiger partial charge >= 0.3 is 0 Å². The smallest absolute Gasteiger partial charge is 0.172 e. The van der Waals surface area contributed by atoms with Crippen molar-refractivity contribution in [2.75, 3.05) is 6.61 Å². The first-order valence-electron chi connectivity index (χ1n) is 7.05. The van der Waals surface area contributed by atoms with Crippen LogP contribution in [0.4, 0.5) is 0 Å². The summed E-state index contributed by atoms with van der Waals surface area (Å²) in [7, 11) is 0. The number of nitrogens with zero attached hydrogens (tertiary/aromatic N) is 2. The van der Waals surface area contributed by atoms with Crippen LogP contribution in [0.15, 0.2) is 24.3 Å². The van der Waals surface area contributed by atoms with Crippen molar-refractivity contribution in [3.8, 4) is 5.75 Å². The Hall–Kier alpha value is -1.81. The molecule has 0 saturated heterocycles. The van der Waals surface area contributed by atoms with E-state index in [0.29, 0.717) is 29.5 Å². The van der Waals surface area contributed by atoms with Crippen LogP contribution in [0.1, 0.15) is 35.6 Å². The highest BCUT2D eigenvalue weighted by molar-refractivity contribution is 6.32. The van der Waals surface area contributed by atoms with Crippen LogP contribution in [0.25, 0.3) is 0 Å². The number of rotatable bonds is 6. The fraction of sp³-hybridized carbons (Fsp3) is 0.375. The van der Waals surface area contributed by atoms with Gasteiger partial charge in [-0.05, 0) is 32.9 Å². The van der Waals surface area contributed by atoms with Gasteiger partial charge in [0.25, 0.3) is 0 Å². The van der Waals surface area contributed by atoms with Crippen molar-refractivity contribution in [1.29, 1.82) is 0 Å². The van der Waals surface area contributed by atoms with Crippen LogP contribution in [-0.4, -0.2) is 22.2 Å². The van der Waals surface area contributed by atoms with Crippen LogP contribution in [0.3, 0.4) is 0 Å². The molecule has 0 spiro atoms. The Morgan fingerprint density at radius 3 is 2.71 bits per heavy atom. The predicted molar refractivity (Wildman–Crippen MR) is 83.3 cm³/mol. The lowest BCUT2D eigenvalue weighted by atomic mass is 10.1. The highest BCUT2D eigenvalue weighted by Gasteiger charge is 2.19. The van der Waals surface area contributed by atoms with Gasteiger partial charge in [0.2, 0.25) is 0 Å². The molecule has 2 rings (SSSR count). The minimum atomic E-state index is -0.0180. The Labute approximate surface area is 129 Å². The molecular weight excluding hydrogens is 288 g/mol. The highest BCUT2D eigenvalue weighted by Crippen LogP contribution is 2.24. The van der Waals surface area contributed by atoms with Crippen molar-refractivity contribution in [3.63, 3.8) is 0 Å². The van der Waals surface area contributed by atoms with Gasteiger partial charge < -0.3 is 4.74 Å². The van der Waals surface area contributed by atoms with E-state index < -0.39 is 0 Å². The molecule has 0 aliphatic rings. The molecule has 0 saturated carbocycles. The average Bonchev–Trinajstić information content (AvgIpc) is 2.76. The number of halogens is 1. The molecule has 0 aliphatic carbocycles. The van der Waals surface area contributed by atoms with Gasteiger partial charge in [-0.2, -0.15) is 5.10 Å². The lowest BCUT2D eigenvalue weighted by Crippen LogP contribution is -2.11. The van der Waals surface area contributed by atoms with E-state index in [-0.39, 0.29) is 12.2 Å². The Morgan fingerprint density at radius 2 is 2.05 bits per heavy atom. The predicted octanol–water partition coefficient (Wildman–Crippen LogP) is 3.69. The first kappa shape index (κ1) is 15.6. The zero-order chi connectivity index (χ0) is 15.4. The summed E-state index contributed by atoms with van der Waals surface area (Å²) in [5.41, 5.74) is 2.09. The molecule has 112 valence electrons. The van der Waals surface area contributed by atoms with Crippen molar-refractivity contribution in [3.05, 3.63) is 46.2 Å². The van der Waals surface area contributed by atoms with E-state index in [2.05, 4.69) is 5.10 Å². The van der Waals surface area contributed by atoms with Gasteiger partial charge in [0.15, 0.2) is 5.78 Å². The number of hydrogen-bond donors (Lipinski definition) is 0. The topological polar surface area (TPSA) is 44.1 Å². The molecule has 5 heteroatoms. The van der Waals surface area contributed by atoms with E-state index in [9.17, 15) is 4.79 Å². The van der Waals surface area contributed by atoms with E-state index in [1.54, 1.807) is 16.8 Å². The second-order valence-corrected chi connectivity index (χ2v) is 5.07. The average molecular weight is 307 g/mol. The van der Waals surface area contributed by atoms with Crippen molar-refractivity contribution in [2.45, 2.75) is 33.7 Å². The number of aryl methyl sites for hydroxylation is 2. The highest BCUT2D eigenvalue weighted by atomic mass is 35.5. The number of benzene rings is 1. The van der Waals surface area contributed by atoms with E-state index in [1.807, 2.05) is 32.9 Å². The molecule has 21 heavy (non-hydrogen) atoms. The molecule has 0 unspecified atom stereocenters. The van der Waals surface area contributed by atoms with E-state index in [4.69, 9.17) is 16.3 Å². The fourth-order valence-electron chi connectivity index (χ4n) is 2.26. The summed E-state index contributed by atoms with van der Waals surface area (Å²) in [6.07, 6.45) is 0.220. The van der Waals surface area contributed by atoms with Gasteiger partial charge in [-0.3, -0.25) is 9.48 Å². The van der Waals surface area contributed by atoms with Gasteiger partial charge in [0, 0.05) is 6.54 Å². The summed E-state index contributed by atoms with van der Waals surface area (Å²) in [5, 5.41) is 4.90. The van der Waals surface area contributed by atoms with Gasteiger partial charge in [0.05, 0.1) is 35.0 Å². The van der Waals surface area contributed by atoms with Gasteiger partial charge in [-0.15, -0.1) is 0 Å². The number of para-hydroxylation sites is 1. The zero-order valence-corrected chi connectivity index (χ0v) is 13.3. The fourth-order valence-corrected chi connectivity index (χ4v) is 2.47. The molecule has 1 aromatic heterocycles. The van der Waals surface area contributed by atoms with Crippen LogP contribution in [0, 0.1) is 6.92 Å². The number of aromatic nitrogens is 2. The van der Waals surface area contributed by atoms with Gasteiger partial charge in [-0.1, -0.05) is 23.7 Å². The summed E-state index contributed by atoms with van der Waals surface area (Å²) in [6, 6.07) is 7.27. The maximum atomic E-state index is 12.6. The second kappa shape index (κ2) is 6.76. The third-order valence-corrected chi connectivity index (χ3v) is 3.76. The Balaban J connectivity index is 2.30. The maximum absolute atomic E-state index is 12.6. The molecule has 2 aromatic rings. The molecule has 1 heterocycles. The molecule has 0 bridgehead atoms. The first-order chi connectivity index (χ1) is 10.1. The van der Waals surface area contributed by atoms with Crippen molar-refractivity contribution >= 4 is 17.4 Å². The molecule has 0 atom stereocenters. The van der Waals surface area contributed by atoms with E-state index >= 15 is 0 Å². The van der Waals surface area contributed by atoms with Crippen molar-refractivity contribution in [2.24, 2.45) is 0 Å². The zero-order valence-electron chi connectivity index (χ0n) is 12.5. The standard InChI is InChI=1S/C16H19ClN2O2/c1-4-19-13(16(17)11(3)18-19)10-14(20)12-8-6-7-9-15(12)21-5-2/h6-9H,4-5,10H2,1-3H3. The van der Waals surface area contributed by atoms with E-state index in [1.165, 1.54) is 0 Å². The minimum Gasteiger partial charge on any atom is -0.493 e. The van der Waals surface area contributed by atoms with Crippen molar-refractivity contribution < 1.29 is 9.53 Å². The lowest BCUT2D eigenvalue weighted by molar-refractivity contribution is 0.0987. The van der Waals surface area contributed by atoms with Gasteiger partial charge in [0.1, 0.15) is 5.75 Å². The van der Waals surface area contributed by atoms with Crippen LogP contribution < -0.4 is 4.74 Å². The molecule has 1 aromatic carbocycles. The third-order valence-electron chi connectivity index (χ3n) is 3.27. The molecular formula is C16H19ClN2O2. The number of hydrogen-bond acceptors (Lipinski definition) is 3. The van der Waals surface area contributed by atoms with Crippen LogP contribution in [-0.2, 0) is 13.0 Å². The Bertz CT molecular complexity index is 650. The largest absolute Gasteiger partial charge is 0.493 e. The minimum absolute atomic E-state index is 0.0180. The molecule has 0 amide bonds. The summed E-state index contributed by atoms with van der Waals surface area (Å²) >= 11 is 6.26. The summed E-state index contributed by atoms with van der Waals surface area (Å²) in [6.45, 7) is 6.93. The monoisotopic (exact) mass is 306 g/mol. The maximum Gasteiger partial charge on any atom is 0.172 e. The quantitative estimate of drug-likeness (QED) is 0.765. The third kappa shape index (κ3) is 3.27. The number of carbonyl (C=O) groups is 1. The molecule has 0 fully saturated rings. The SMILES string of the molecule is CCOc1ccccc1C(=O)Cc1c(Cl)c(C)nn1CC. The van der Waals surface area contributed by atoms with Crippen molar-refractivity contribution in [1.82, 2.24) is 9.78 Å². The van der Waals surface area contributed by atoms with E-state index in [0.717, 1.165) is 11.4 Å². The summed E-state index contributed by atoms with van der Waals surface area (Å²) in [5.74, 6) is 0.593. The Kier molecular flexibility index (Phi) is 5.02. The second-order valence-electron chi connectivity index (χ2n) is 4.69. The lowest BCUT2D eigenvalue weighted by Gasteiger charge is -2.10. The summed E-state index contributed by atoms with van der Waals surface area (Å²) < 4.78 is 7.29. The molecule has 0 aliphatic heterocycles. The number of ether oxygens (including phenoxy) is 1. The molecule has 0 radical (unpaired) electrons. The molecule has 0 N–H and O–H groups in total.